The van der Waals surface area contributed by atoms with Gasteiger partial charge in [0.05, 0.1) is 22.1 Å². The molecule has 5 aromatic carbocycles. The van der Waals surface area contributed by atoms with Crippen LogP contribution in [0.1, 0.15) is 38.5 Å². The van der Waals surface area contributed by atoms with Crippen molar-refractivity contribution < 1.29 is 0 Å². The maximum Gasteiger partial charge on any atom is 0.0544 e. The van der Waals surface area contributed by atoms with Crippen molar-refractivity contribution in [3.05, 3.63) is 161 Å². The summed E-state index contributed by atoms with van der Waals surface area (Å²) in [6.45, 7) is 0. The van der Waals surface area contributed by atoms with Crippen LogP contribution < -0.4 is 10.4 Å². The van der Waals surface area contributed by atoms with Crippen molar-refractivity contribution in [3.8, 4) is 11.1 Å². The standard InChI is InChI=1S/C46H36N2/c1-2-13-31(14-3-1)32-27-29-34(30-28-32)47-41-22-8-6-18-38(41)45-36(20-11-25-43(45)47)37-21-12-26-44-46(37)39-19-7-9-23-42(39)48(44)40-24-10-16-33-15-4-5-17-35(33)40/h1-2,4-9,11-13,15-23,25-27,29H,3,10,14,24,28,30H2. The Morgan fingerprint density at radius 1 is 0.458 bits per heavy atom. The largest absolute Gasteiger partial charge is 0.313 e. The lowest BCUT2D eigenvalue weighted by Crippen LogP contribution is -2.31. The van der Waals surface area contributed by atoms with Gasteiger partial charge >= 0.3 is 0 Å². The summed E-state index contributed by atoms with van der Waals surface area (Å²) in [4.78, 5) is 0. The number of para-hydroxylation sites is 2. The molecular formula is C46H36N2. The van der Waals surface area contributed by atoms with Gasteiger partial charge in [-0.2, -0.15) is 0 Å². The monoisotopic (exact) mass is 616 g/mol. The van der Waals surface area contributed by atoms with E-state index >= 15 is 0 Å². The Morgan fingerprint density at radius 2 is 1.10 bits per heavy atom. The van der Waals surface area contributed by atoms with Gasteiger partial charge in [-0.3, -0.25) is 0 Å². The molecule has 0 fully saturated rings. The van der Waals surface area contributed by atoms with E-state index in [1.54, 1.807) is 0 Å². The van der Waals surface area contributed by atoms with E-state index < -0.39 is 0 Å². The van der Waals surface area contributed by atoms with Gasteiger partial charge in [0.1, 0.15) is 0 Å². The van der Waals surface area contributed by atoms with Crippen LogP contribution in [-0.2, 0) is 0 Å². The highest BCUT2D eigenvalue weighted by Crippen LogP contribution is 2.44. The van der Waals surface area contributed by atoms with Gasteiger partial charge in [-0.05, 0) is 96.4 Å². The van der Waals surface area contributed by atoms with Gasteiger partial charge in [-0.25, -0.2) is 0 Å². The van der Waals surface area contributed by atoms with Crippen LogP contribution in [0.4, 0.5) is 0 Å². The van der Waals surface area contributed by atoms with Crippen molar-refractivity contribution >= 4 is 61.1 Å². The molecule has 2 aromatic heterocycles. The van der Waals surface area contributed by atoms with Crippen molar-refractivity contribution in [1.82, 2.24) is 9.13 Å². The van der Waals surface area contributed by atoms with Crippen LogP contribution >= 0.6 is 0 Å². The molecule has 0 amide bonds. The number of hydrogen-bond acceptors (Lipinski definition) is 0. The molecule has 3 aliphatic carbocycles. The van der Waals surface area contributed by atoms with Crippen molar-refractivity contribution in [2.24, 2.45) is 0 Å². The van der Waals surface area contributed by atoms with E-state index in [0.717, 1.165) is 38.5 Å². The molecule has 2 nitrogen and oxygen atoms in total. The fraction of sp³-hybridized carbons (Fsp3) is 0.130. The highest BCUT2D eigenvalue weighted by atomic mass is 15.0. The smallest absolute Gasteiger partial charge is 0.0544 e. The minimum Gasteiger partial charge on any atom is -0.313 e. The number of allylic oxidation sites excluding steroid dienone is 8. The summed E-state index contributed by atoms with van der Waals surface area (Å²) in [6, 6.07) is 40.7. The molecule has 0 atom stereocenters. The van der Waals surface area contributed by atoms with Crippen molar-refractivity contribution in [2.75, 3.05) is 0 Å². The zero-order valence-corrected chi connectivity index (χ0v) is 27.0. The zero-order valence-electron chi connectivity index (χ0n) is 27.0. The second-order valence-corrected chi connectivity index (χ2v) is 13.4. The Kier molecular flexibility index (Phi) is 6.30. The maximum atomic E-state index is 2.55. The molecule has 0 spiro atoms. The van der Waals surface area contributed by atoms with E-state index in [0.29, 0.717) is 0 Å². The molecular weight excluding hydrogens is 581 g/mol. The molecule has 2 heteroatoms. The summed E-state index contributed by atoms with van der Waals surface area (Å²) in [5, 5.41) is 7.96. The average Bonchev–Trinajstić information content (AvgIpc) is 3.68. The van der Waals surface area contributed by atoms with Crippen molar-refractivity contribution in [3.63, 3.8) is 0 Å². The second kappa shape index (κ2) is 11.0. The lowest BCUT2D eigenvalue weighted by atomic mass is 9.90. The number of rotatable bonds is 4. The zero-order chi connectivity index (χ0) is 31.6. The van der Waals surface area contributed by atoms with Crippen LogP contribution in [0.25, 0.3) is 72.2 Å². The van der Waals surface area contributed by atoms with Crippen LogP contribution in [0.2, 0.25) is 0 Å². The molecule has 10 rings (SSSR count). The normalized spacial score (nSPS) is 16.2. The quantitative estimate of drug-likeness (QED) is 0.186. The molecule has 2 heterocycles. The van der Waals surface area contributed by atoms with Crippen LogP contribution in [0.15, 0.2) is 151 Å². The minimum atomic E-state index is 1.03. The summed E-state index contributed by atoms with van der Waals surface area (Å²) in [5.41, 5.74) is 13.5. The summed E-state index contributed by atoms with van der Waals surface area (Å²) in [6.07, 6.45) is 20.4. The number of nitrogens with zero attached hydrogens (tertiary/aromatic N) is 2. The Morgan fingerprint density at radius 3 is 1.81 bits per heavy atom. The van der Waals surface area contributed by atoms with Gasteiger partial charge in [0, 0.05) is 38.2 Å². The number of fused-ring (bicyclic) bond motifs is 7. The van der Waals surface area contributed by atoms with Gasteiger partial charge in [-0.1, -0.05) is 115 Å². The predicted molar refractivity (Wildman–Crippen MR) is 204 cm³/mol. The summed E-state index contributed by atoms with van der Waals surface area (Å²) >= 11 is 0. The molecule has 0 radical (unpaired) electrons. The van der Waals surface area contributed by atoms with Gasteiger partial charge in [0.2, 0.25) is 0 Å². The fourth-order valence-electron chi connectivity index (χ4n) is 8.71. The Labute approximate surface area is 280 Å². The number of benzene rings is 5. The van der Waals surface area contributed by atoms with Crippen molar-refractivity contribution in [2.45, 2.75) is 38.5 Å². The van der Waals surface area contributed by atoms with Gasteiger partial charge < -0.3 is 9.13 Å². The molecule has 230 valence electrons. The molecule has 0 bridgehead atoms. The molecule has 0 saturated heterocycles. The van der Waals surface area contributed by atoms with E-state index in [9.17, 15) is 0 Å². The van der Waals surface area contributed by atoms with Crippen LogP contribution in [0, 0.1) is 0 Å². The van der Waals surface area contributed by atoms with Gasteiger partial charge in [0.15, 0.2) is 0 Å². The van der Waals surface area contributed by atoms with Gasteiger partial charge in [0.25, 0.3) is 0 Å². The van der Waals surface area contributed by atoms with E-state index in [-0.39, 0.29) is 0 Å². The fourth-order valence-corrected chi connectivity index (χ4v) is 8.71. The highest BCUT2D eigenvalue weighted by Gasteiger charge is 2.23. The van der Waals surface area contributed by atoms with E-state index in [4.69, 9.17) is 0 Å². The van der Waals surface area contributed by atoms with E-state index in [1.165, 1.54) is 87.7 Å². The number of aromatic nitrogens is 2. The van der Waals surface area contributed by atoms with E-state index in [2.05, 4.69) is 155 Å². The van der Waals surface area contributed by atoms with Gasteiger partial charge in [-0.15, -0.1) is 0 Å². The molecule has 48 heavy (non-hydrogen) atoms. The molecule has 0 aliphatic heterocycles. The second-order valence-electron chi connectivity index (χ2n) is 13.4. The topological polar surface area (TPSA) is 9.86 Å². The SMILES string of the molecule is C1=CCCC(C2=CC=C(n3c4ccccc4c4c(-c5cccc6c5c5ccccc5n6C5=c6ccccc6=CCC5)cccc43)CC2)=C1. The Balaban J connectivity index is 1.24. The Bertz CT molecular complexity index is 2720. The molecule has 7 aromatic rings. The first-order valence-corrected chi connectivity index (χ1v) is 17.4. The predicted octanol–water partition coefficient (Wildman–Crippen LogP) is 10.6. The average molecular weight is 617 g/mol. The lowest BCUT2D eigenvalue weighted by molar-refractivity contribution is 0.885. The molecule has 0 saturated carbocycles. The molecule has 0 N–H and O–H groups in total. The first-order valence-electron chi connectivity index (χ1n) is 17.4. The Hall–Kier alpha value is -5.60. The van der Waals surface area contributed by atoms with Crippen LogP contribution in [-0.4, -0.2) is 9.13 Å². The third-order valence-corrected chi connectivity index (χ3v) is 10.8. The van der Waals surface area contributed by atoms with Crippen LogP contribution in [0.3, 0.4) is 0 Å². The highest BCUT2D eigenvalue weighted by molar-refractivity contribution is 6.22. The summed E-state index contributed by atoms with van der Waals surface area (Å²) in [5.74, 6) is 0. The number of hydrogen-bond donors (Lipinski definition) is 0. The minimum absolute atomic E-state index is 1.03. The first kappa shape index (κ1) is 27.5. The molecule has 0 unspecified atom stereocenters. The maximum absolute atomic E-state index is 2.55. The summed E-state index contributed by atoms with van der Waals surface area (Å²) < 4.78 is 5.09. The third kappa shape index (κ3) is 4.12. The third-order valence-electron chi connectivity index (χ3n) is 10.8. The van der Waals surface area contributed by atoms with Crippen LogP contribution in [0.5, 0.6) is 0 Å². The van der Waals surface area contributed by atoms with E-state index in [1.807, 2.05) is 0 Å². The first-order chi connectivity index (χ1) is 23.8. The summed E-state index contributed by atoms with van der Waals surface area (Å²) in [7, 11) is 0. The lowest BCUT2D eigenvalue weighted by Gasteiger charge is -2.20. The van der Waals surface area contributed by atoms with Crippen molar-refractivity contribution in [1.29, 1.82) is 0 Å². The molecule has 3 aliphatic rings.